The number of carbonyl (C=O) groups is 2. The van der Waals surface area contributed by atoms with E-state index in [1.165, 1.54) is 13.8 Å². The van der Waals surface area contributed by atoms with Crippen molar-refractivity contribution in [3.63, 3.8) is 0 Å². The minimum Gasteiger partial charge on any atom is -0.463 e. The monoisotopic (exact) mass is 437 g/mol. The Labute approximate surface area is 170 Å². The fraction of sp³-hybridized carbons (Fsp3) is 0.667. The number of hydrogen-bond donors (Lipinski definition) is 3. The fourth-order valence-corrected chi connectivity index (χ4v) is 2.22. The first-order chi connectivity index (χ1) is 13.1. The number of carbonyl (C=O) groups excluding carboxylic acids is 2. The first-order valence-electron chi connectivity index (χ1n) is 8.36. The Bertz CT molecular complexity index is 807. The van der Waals surface area contributed by atoms with Gasteiger partial charge in [0.1, 0.15) is 13.2 Å². The van der Waals surface area contributed by atoms with Gasteiger partial charge in [0.25, 0.3) is 0 Å². The van der Waals surface area contributed by atoms with Gasteiger partial charge in [-0.1, -0.05) is 0 Å². The molecule has 158 valence electrons. The van der Waals surface area contributed by atoms with Gasteiger partial charge >= 0.3 is 29.0 Å². The van der Waals surface area contributed by atoms with Gasteiger partial charge in [0, 0.05) is 0 Å². The van der Waals surface area contributed by atoms with Crippen LogP contribution in [0.4, 0.5) is 0 Å². The Hall–Kier alpha value is -1.99. The molecule has 1 rings (SSSR count). The van der Waals surface area contributed by atoms with Gasteiger partial charge < -0.3 is 14.6 Å². The Balaban J connectivity index is 3.14. The SMILES string of the molecule is CC(S)C(=O)OCCn1c(=O)n(CCO)c(=O)n(CCOC(=O)C(C)S)c1=O. The van der Waals surface area contributed by atoms with Crippen molar-refractivity contribution in [2.75, 3.05) is 19.8 Å². The lowest BCUT2D eigenvalue weighted by Crippen LogP contribution is -2.55. The third-order valence-electron chi connectivity index (χ3n) is 3.51. The van der Waals surface area contributed by atoms with Crippen molar-refractivity contribution in [1.82, 2.24) is 13.7 Å². The van der Waals surface area contributed by atoms with Crippen LogP contribution in [0, 0.1) is 0 Å². The van der Waals surface area contributed by atoms with Gasteiger partial charge in [0.2, 0.25) is 0 Å². The molecule has 0 aliphatic carbocycles. The lowest BCUT2D eigenvalue weighted by molar-refractivity contribution is -0.143. The van der Waals surface area contributed by atoms with Crippen LogP contribution < -0.4 is 17.1 Å². The van der Waals surface area contributed by atoms with E-state index in [0.717, 1.165) is 0 Å². The molecule has 1 N–H and O–H groups in total. The molecule has 0 aliphatic heterocycles. The summed E-state index contributed by atoms with van der Waals surface area (Å²) < 4.78 is 11.9. The van der Waals surface area contributed by atoms with E-state index in [2.05, 4.69) is 25.3 Å². The molecular formula is C15H23N3O8S2. The standard InChI is InChI=1S/C15H23N3O8S2/c1-9(27)11(20)25-7-4-17-13(22)16(3-6-19)14(23)18(15(17)24)5-8-26-12(21)10(2)28/h9-10,19,27-28H,3-8H2,1-2H3. The predicted octanol–water partition coefficient (Wildman–Crippen LogP) is -2.11. The number of thiol groups is 2. The van der Waals surface area contributed by atoms with Crippen molar-refractivity contribution in [2.24, 2.45) is 0 Å². The minimum atomic E-state index is -0.950. The second-order valence-corrected chi connectivity index (χ2v) is 7.26. The summed E-state index contributed by atoms with van der Waals surface area (Å²) in [5, 5.41) is 7.73. The Kier molecular flexibility index (Phi) is 9.55. The molecule has 0 saturated heterocycles. The molecule has 0 radical (unpaired) electrons. The van der Waals surface area contributed by atoms with Crippen molar-refractivity contribution < 1.29 is 24.2 Å². The number of nitrogens with zero attached hydrogens (tertiary/aromatic N) is 3. The topological polar surface area (TPSA) is 139 Å². The van der Waals surface area contributed by atoms with Crippen LogP contribution in [0.5, 0.6) is 0 Å². The molecule has 1 heterocycles. The van der Waals surface area contributed by atoms with Gasteiger partial charge in [0.05, 0.1) is 36.7 Å². The van der Waals surface area contributed by atoms with Crippen LogP contribution in [0.15, 0.2) is 14.4 Å². The largest absolute Gasteiger partial charge is 0.463 e. The highest BCUT2D eigenvalue weighted by molar-refractivity contribution is 7.81. The quantitative estimate of drug-likeness (QED) is 0.279. The molecule has 28 heavy (non-hydrogen) atoms. The number of ether oxygens (including phenoxy) is 2. The summed E-state index contributed by atoms with van der Waals surface area (Å²) in [4.78, 5) is 60.2. The summed E-state index contributed by atoms with van der Waals surface area (Å²) in [5.41, 5.74) is -2.85. The lowest BCUT2D eigenvalue weighted by Gasteiger charge is -2.14. The molecule has 0 aliphatic rings. The molecule has 1 aromatic heterocycles. The molecule has 1 aromatic rings. The van der Waals surface area contributed by atoms with Crippen LogP contribution in [-0.2, 0) is 38.7 Å². The fourth-order valence-electron chi connectivity index (χ4n) is 2.07. The zero-order chi connectivity index (χ0) is 21.4. The van der Waals surface area contributed by atoms with Gasteiger partial charge in [-0.2, -0.15) is 25.3 Å². The average Bonchev–Trinajstić information content (AvgIpc) is 2.63. The molecule has 13 heteroatoms. The van der Waals surface area contributed by atoms with Gasteiger partial charge in [-0.15, -0.1) is 0 Å². The predicted molar refractivity (Wildman–Crippen MR) is 105 cm³/mol. The summed E-state index contributed by atoms with van der Waals surface area (Å²) in [7, 11) is 0. The molecule has 2 unspecified atom stereocenters. The van der Waals surface area contributed by atoms with Crippen LogP contribution in [0.3, 0.4) is 0 Å². The molecule has 0 aromatic carbocycles. The first kappa shape index (κ1) is 24.0. The third-order valence-corrected chi connectivity index (χ3v) is 3.93. The minimum absolute atomic E-state index is 0.289. The molecule has 0 saturated carbocycles. The normalized spacial score (nSPS) is 13.0. The number of rotatable bonds is 10. The third kappa shape index (κ3) is 6.27. The van der Waals surface area contributed by atoms with Crippen molar-refractivity contribution >= 4 is 37.2 Å². The van der Waals surface area contributed by atoms with Gasteiger partial charge in [-0.3, -0.25) is 9.59 Å². The van der Waals surface area contributed by atoms with Crippen LogP contribution >= 0.6 is 25.3 Å². The van der Waals surface area contributed by atoms with E-state index in [0.29, 0.717) is 13.7 Å². The number of hydrogen-bond acceptors (Lipinski definition) is 10. The average molecular weight is 437 g/mol. The van der Waals surface area contributed by atoms with Crippen LogP contribution in [0.1, 0.15) is 13.8 Å². The zero-order valence-corrected chi connectivity index (χ0v) is 17.2. The Morgan fingerprint density at radius 2 is 1.14 bits per heavy atom. The number of aromatic nitrogens is 3. The molecule has 0 fully saturated rings. The van der Waals surface area contributed by atoms with Gasteiger partial charge in [-0.05, 0) is 13.8 Å². The van der Waals surface area contributed by atoms with Crippen molar-refractivity contribution in [1.29, 1.82) is 0 Å². The molecule has 2 atom stereocenters. The molecule has 0 spiro atoms. The summed E-state index contributed by atoms with van der Waals surface area (Å²) in [5.74, 6) is -1.26. The van der Waals surface area contributed by atoms with E-state index in [1.807, 2.05) is 0 Å². The summed E-state index contributed by atoms with van der Waals surface area (Å²) in [6.07, 6.45) is 0. The highest BCUT2D eigenvalue weighted by Gasteiger charge is 2.17. The van der Waals surface area contributed by atoms with Crippen LogP contribution in [0.2, 0.25) is 0 Å². The van der Waals surface area contributed by atoms with Crippen LogP contribution in [0.25, 0.3) is 0 Å². The Morgan fingerprint density at radius 1 is 0.821 bits per heavy atom. The highest BCUT2D eigenvalue weighted by Crippen LogP contribution is 1.96. The van der Waals surface area contributed by atoms with E-state index < -0.39 is 46.1 Å². The smallest absolute Gasteiger partial charge is 0.336 e. The molecule has 0 amide bonds. The molecular weight excluding hydrogens is 414 g/mol. The maximum Gasteiger partial charge on any atom is 0.336 e. The van der Waals surface area contributed by atoms with E-state index in [9.17, 15) is 24.0 Å². The highest BCUT2D eigenvalue weighted by atomic mass is 32.1. The summed E-state index contributed by atoms with van der Waals surface area (Å²) in [6.45, 7) is 0.972. The summed E-state index contributed by atoms with van der Waals surface area (Å²) in [6, 6.07) is 0. The van der Waals surface area contributed by atoms with E-state index in [1.54, 1.807) is 0 Å². The molecule has 11 nitrogen and oxygen atoms in total. The van der Waals surface area contributed by atoms with Gasteiger partial charge in [0.15, 0.2) is 0 Å². The van der Waals surface area contributed by atoms with Gasteiger partial charge in [-0.25, -0.2) is 28.1 Å². The van der Waals surface area contributed by atoms with Crippen molar-refractivity contribution in [2.45, 2.75) is 44.0 Å². The first-order valence-corrected chi connectivity index (χ1v) is 9.39. The summed E-state index contributed by atoms with van der Waals surface area (Å²) >= 11 is 7.82. The second-order valence-electron chi connectivity index (χ2n) is 5.71. The maximum atomic E-state index is 12.5. The molecule has 0 bridgehead atoms. The second kappa shape index (κ2) is 11.1. The van der Waals surface area contributed by atoms with Crippen molar-refractivity contribution in [3.8, 4) is 0 Å². The number of esters is 2. The van der Waals surface area contributed by atoms with E-state index in [4.69, 9.17) is 14.6 Å². The lowest BCUT2D eigenvalue weighted by atomic mass is 10.5. The maximum absolute atomic E-state index is 12.5. The zero-order valence-electron chi connectivity index (χ0n) is 15.4. The Morgan fingerprint density at radius 3 is 1.43 bits per heavy atom. The van der Waals surface area contributed by atoms with E-state index >= 15 is 0 Å². The number of aliphatic hydroxyl groups excluding tert-OH is 1. The van der Waals surface area contributed by atoms with Crippen LogP contribution in [-0.4, -0.2) is 61.1 Å². The number of aliphatic hydroxyl groups is 1. The van der Waals surface area contributed by atoms with Crippen molar-refractivity contribution in [3.05, 3.63) is 31.5 Å². The van der Waals surface area contributed by atoms with E-state index in [-0.39, 0.29) is 32.8 Å².